The lowest BCUT2D eigenvalue weighted by molar-refractivity contribution is -0.384. The van der Waals surface area contributed by atoms with E-state index in [0.29, 0.717) is 5.56 Å². The van der Waals surface area contributed by atoms with Crippen molar-refractivity contribution in [2.24, 2.45) is 16.2 Å². The number of esters is 5. The molecule has 0 saturated heterocycles. The number of hydrogen-bond acceptors (Lipinski definition) is 15. The molecule has 0 spiro atoms. The van der Waals surface area contributed by atoms with Crippen LogP contribution in [0.3, 0.4) is 0 Å². The number of hydrogen-bond donors (Lipinski definition) is 0. The third kappa shape index (κ3) is 20.2. The van der Waals surface area contributed by atoms with Gasteiger partial charge in [0.2, 0.25) is 0 Å². The van der Waals surface area contributed by atoms with Crippen LogP contribution in [-0.2, 0) is 54.1 Å². The van der Waals surface area contributed by atoms with Crippen LogP contribution in [0.5, 0.6) is 0 Å². The van der Waals surface area contributed by atoms with Gasteiger partial charge in [0.25, 0.3) is 5.69 Å². The third-order valence-corrected chi connectivity index (χ3v) is 8.14. The van der Waals surface area contributed by atoms with Crippen LogP contribution in [0.1, 0.15) is 109 Å². The normalized spacial score (nSPS) is 13.7. The van der Waals surface area contributed by atoms with Crippen molar-refractivity contribution in [1.29, 1.82) is 0 Å². The summed E-state index contributed by atoms with van der Waals surface area (Å²) in [6.07, 6.45) is -0.172. The Bertz CT molecular complexity index is 1470. The lowest BCUT2D eigenvalue weighted by Crippen LogP contribution is -2.53. The molecule has 0 aliphatic carbocycles. The van der Waals surface area contributed by atoms with Crippen LogP contribution in [0.2, 0.25) is 0 Å². The van der Waals surface area contributed by atoms with Crippen LogP contribution in [-0.4, -0.2) is 120 Å². The summed E-state index contributed by atoms with van der Waals surface area (Å²) in [5, 5.41) is 11.4. The molecule has 0 fully saturated rings. The molecule has 0 saturated carbocycles. The fourth-order valence-corrected chi connectivity index (χ4v) is 5.01. The van der Waals surface area contributed by atoms with Crippen molar-refractivity contribution in [3.63, 3.8) is 0 Å². The van der Waals surface area contributed by atoms with E-state index in [9.17, 15) is 34.1 Å². The Labute approximate surface area is 339 Å². The van der Waals surface area contributed by atoms with Crippen LogP contribution in [0.25, 0.3) is 0 Å². The predicted molar refractivity (Wildman–Crippen MR) is 213 cm³/mol. The highest BCUT2D eigenvalue weighted by Gasteiger charge is 2.33. The van der Waals surface area contributed by atoms with E-state index in [-0.39, 0.29) is 58.5 Å². The molecule has 1 aromatic rings. The van der Waals surface area contributed by atoms with Gasteiger partial charge in [-0.05, 0) is 116 Å². The lowest BCUT2D eigenvalue weighted by Gasteiger charge is -2.38. The van der Waals surface area contributed by atoms with Crippen molar-refractivity contribution < 1.29 is 52.6 Å². The van der Waals surface area contributed by atoms with Gasteiger partial charge >= 0.3 is 29.8 Å². The standard InChI is InChI=1S/C41H68N4O12/c1-28(2)56-33(46)23-43(24-34(47)57-41(13,14)15)29(3)21-42(25-53-35(48)38(4,5)6)22-32(20-30-16-18-31(19-17-30)45(51)52)44(26-54-36(49)39(7,8)9)27-55-37(50)40(10,11)12/h16-19,28-29,32H,20-27H2,1-15H3/t29-,32-/m0/s1. The van der Waals surface area contributed by atoms with E-state index >= 15 is 0 Å². The predicted octanol–water partition coefficient (Wildman–Crippen LogP) is 5.73. The Morgan fingerprint density at radius 2 is 1.09 bits per heavy atom. The minimum absolute atomic E-state index is 0.101. The molecule has 16 heteroatoms. The number of non-ortho nitro benzene ring substituents is 1. The minimum Gasteiger partial charge on any atom is -0.462 e. The molecule has 1 rings (SSSR count). The van der Waals surface area contributed by atoms with Crippen molar-refractivity contribution in [3.8, 4) is 0 Å². The molecule has 0 unspecified atom stereocenters. The minimum atomic E-state index is -0.849. The zero-order chi connectivity index (χ0) is 44.1. The van der Waals surface area contributed by atoms with E-state index in [1.54, 1.807) is 119 Å². The van der Waals surface area contributed by atoms with E-state index in [2.05, 4.69) is 0 Å². The fraction of sp³-hybridized carbons (Fsp3) is 0.732. The highest BCUT2D eigenvalue weighted by atomic mass is 16.6. The molecule has 0 amide bonds. The topological polar surface area (TPSA) is 184 Å². The first-order valence-corrected chi connectivity index (χ1v) is 19.3. The summed E-state index contributed by atoms with van der Waals surface area (Å²) < 4.78 is 28.3. The van der Waals surface area contributed by atoms with Crippen molar-refractivity contribution in [2.75, 3.05) is 46.4 Å². The molecule has 16 nitrogen and oxygen atoms in total. The second-order valence-electron chi connectivity index (χ2n) is 18.7. The number of nitro groups is 1. The van der Waals surface area contributed by atoms with Gasteiger partial charge in [-0.3, -0.25) is 43.9 Å². The Hall–Kier alpha value is -4.15. The van der Waals surface area contributed by atoms with Gasteiger partial charge in [-0.1, -0.05) is 12.1 Å². The average Bonchev–Trinajstić information content (AvgIpc) is 3.03. The van der Waals surface area contributed by atoms with Gasteiger partial charge in [-0.25, -0.2) is 4.90 Å². The van der Waals surface area contributed by atoms with E-state index in [1.807, 2.05) is 11.8 Å². The molecule has 0 aromatic heterocycles. The Morgan fingerprint density at radius 3 is 1.49 bits per heavy atom. The van der Waals surface area contributed by atoms with E-state index in [1.165, 1.54) is 12.1 Å². The van der Waals surface area contributed by atoms with E-state index in [0.717, 1.165) is 0 Å². The number of carbonyl (C=O) groups excluding carboxylic acids is 5. The molecule has 0 radical (unpaired) electrons. The Morgan fingerprint density at radius 1 is 0.649 bits per heavy atom. The van der Waals surface area contributed by atoms with Crippen molar-refractivity contribution in [2.45, 2.75) is 134 Å². The van der Waals surface area contributed by atoms with Crippen LogP contribution in [0.15, 0.2) is 24.3 Å². The maximum Gasteiger partial charge on any atom is 0.320 e. The largest absolute Gasteiger partial charge is 0.462 e. The van der Waals surface area contributed by atoms with Crippen molar-refractivity contribution in [1.82, 2.24) is 14.7 Å². The summed E-state index contributed by atoms with van der Waals surface area (Å²) >= 11 is 0. The van der Waals surface area contributed by atoms with Gasteiger partial charge in [-0.2, -0.15) is 0 Å². The van der Waals surface area contributed by atoms with Crippen LogP contribution < -0.4 is 0 Å². The van der Waals surface area contributed by atoms with Crippen molar-refractivity contribution in [3.05, 3.63) is 39.9 Å². The van der Waals surface area contributed by atoms with Crippen LogP contribution in [0, 0.1) is 26.4 Å². The molecule has 0 bridgehead atoms. The number of nitrogens with zero attached hydrogens (tertiary/aromatic N) is 4. The maximum absolute atomic E-state index is 13.1. The highest BCUT2D eigenvalue weighted by Crippen LogP contribution is 2.22. The summed E-state index contributed by atoms with van der Waals surface area (Å²) in [7, 11) is 0. The monoisotopic (exact) mass is 808 g/mol. The molecule has 57 heavy (non-hydrogen) atoms. The Balaban J connectivity index is 3.80. The van der Waals surface area contributed by atoms with Crippen LogP contribution >= 0.6 is 0 Å². The number of rotatable bonds is 20. The van der Waals surface area contributed by atoms with Gasteiger partial charge in [0.15, 0.2) is 0 Å². The maximum atomic E-state index is 13.1. The molecule has 0 heterocycles. The van der Waals surface area contributed by atoms with Gasteiger partial charge in [0.05, 0.1) is 40.4 Å². The summed E-state index contributed by atoms with van der Waals surface area (Å²) in [5.74, 6) is -2.58. The molecular weight excluding hydrogens is 740 g/mol. The number of carbonyl (C=O) groups is 5. The van der Waals surface area contributed by atoms with Gasteiger partial charge < -0.3 is 23.7 Å². The van der Waals surface area contributed by atoms with Gasteiger partial charge in [0.1, 0.15) is 25.8 Å². The summed E-state index contributed by atoms with van der Waals surface area (Å²) in [4.78, 5) is 81.2. The lowest BCUT2D eigenvalue weighted by atomic mass is 9.97. The van der Waals surface area contributed by atoms with Gasteiger partial charge in [0, 0.05) is 37.3 Å². The molecule has 2 atom stereocenters. The molecule has 324 valence electrons. The zero-order valence-electron chi connectivity index (χ0n) is 36.9. The molecular formula is C41H68N4O12. The second-order valence-corrected chi connectivity index (χ2v) is 18.7. The molecule has 0 aliphatic heterocycles. The highest BCUT2D eigenvalue weighted by molar-refractivity contribution is 5.76. The number of nitro benzene ring substituents is 1. The quantitative estimate of drug-likeness (QED) is 0.0511. The second kappa shape index (κ2) is 21.6. The smallest absolute Gasteiger partial charge is 0.320 e. The first kappa shape index (κ1) is 50.9. The number of benzene rings is 1. The summed E-state index contributed by atoms with van der Waals surface area (Å²) in [6, 6.07) is 4.83. The van der Waals surface area contributed by atoms with Gasteiger partial charge in [-0.15, -0.1) is 0 Å². The van der Waals surface area contributed by atoms with Crippen molar-refractivity contribution >= 4 is 35.5 Å². The molecule has 0 aliphatic rings. The SMILES string of the molecule is CC(C)OC(=O)CN(CC(=O)OC(C)(C)C)[C@@H](C)CN(COC(=O)C(C)(C)C)C[C@H](Cc1ccc([N+](=O)[O-])cc1)N(COC(=O)C(C)(C)C)COC(=O)C(C)(C)C. The third-order valence-electron chi connectivity index (χ3n) is 8.14. The number of ether oxygens (including phenoxy) is 5. The molecule has 1 aromatic carbocycles. The van der Waals surface area contributed by atoms with E-state index in [4.69, 9.17) is 23.7 Å². The van der Waals surface area contributed by atoms with E-state index < -0.39 is 74.8 Å². The molecule has 0 N–H and O–H groups in total. The average molecular weight is 809 g/mol. The Kier molecular flexibility index (Phi) is 19.2. The zero-order valence-corrected chi connectivity index (χ0v) is 36.9. The van der Waals surface area contributed by atoms with Crippen LogP contribution in [0.4, 0.5) is 5.69 Å². The fourth-order valence-electron chi connectivity index (χ4n) is 5.01. The summed E-state index contributed by atoms with van der Waals surface area (Å²) in [6.45, 7) is 24.9. The first-order valence-electron chi connectivity index (χ1n) is 19.3. The summed E-state index contributed by atoms with van der Waals surface area (Å²) in [5.41, 5.74) is -2.73. The first-order chi connectivity index (χ1) is 25.9.